The molecule has 19 heavy (non-hydrogen) atoms. The molecule has 1 unspecified atom stereocenters. The Labute approximate surface area is 116 Å². The zero-order valence-electron chi connectivity index (χ0n) is 11.4. The standard InChI is InChI=1S/C13H17FN4S/c1-8-5-12(19-13-17-16-7-18(13)4)10(6-11(8)14)9(2)15-3/h5-7,9,15H,1-4H3. The Morgan fingerprint density at radius 2 is 2.16 bits per heavy atom. The molecule has 0 saturated heterocycles. The SMILES string of the molecule is CNC(C)c1cc(F)c(C)cc1Sc1nncn1C. The van der Waals surface area contributed by atoms with Gasteiger partial charge in [0.05, 0.1) is 0 Å². The summed E-state index contributed by atoms with van der Waals surface area (Å²) in [4.78, 5) is 0.997. The molecular formula is C13H17FN4S. The molecule has 0 saturated carbocycles. The molecule has 0 spiro atoms. The molecule has 1 N–H and O–H groups in total. The summed E-state index contributed by atoms with van der Waals surface area (Å²) in [7, 11) is 3.75. The summed E-state index contributed by atoms with van der Waals surface area (Å²) in [5.41, 5.74) is 1.57. The lowest BCUT2D eigenvalue weighted by atomic mass is 10.1. The van der Waals surface area contributed by atoms with Crippen molar-refractivity contribution in [3.8, 4) is 0 Å². The minimum atomic E-state index is -0.181. The number of aryl methyl sites for hydroxylation is 2. The lowest BCUT2D eigenvalue weighted by Gasteiger charge is -2.16. The van der Waals surface area contributed by atoms with Gasteiger partial charge in [0.1, 0.15) is 12.1 Å². The third-order valence-corrected chi connectivity index (χ3v) is 4.19. The molecular weight excluding hydrogens is 263 g/mol. The maximum atomic E-state index is 13.7. The van der Waals surface area contributed by atoms with Crippen molar-refractivity contribution >= 4 is 11.8 Å². The van der Waals surface area contributed by atoms with Gasteiger partial charge in [-0.2, -0.15) is 0 Å². The molecule has 0 radical (unpaired) electrons. The third kappa shape index (κ3) is 2.96. The van der Waals surface area contributed by atoms with E-state index in [4.69, 9.17) is 0 Å². The predicted octanol–water partition coefficient (Wildman–Crippen LogP) is 2.69. The van der Waals surface area contributed by atoms with Crippen LogP contribution in [0.1, 0.15) is 24.1 Å². The van der Waals surface area contributed by atoms with Crippen molar-refractivity contribution in [2.24, 2.45) is 7.05 Å². The summed E-state index contributed by atoms with van der Waals surface area (Å²) in [6.45, 7) is 3.77. The maximum absolute atomic E-state index is 13.7. The van der Waals surface area contributed by atoms with Crippen molar-refractivity contribution < 1.29 is 4.39 Å². The van der Waals surface area contributed by atoms with Crippen molar-refractivity contribution in [3.63, 3.8) is 0 Å². The zero-order valence-corrected chi connectivity index (χ0v) is 12.3. The lowest BCUT2D eigenvalue weighted by Crippen LogP contribution is -2.14. The molecule has 1 aromatic heterocycles. The molecule has 0 bridgehead atoms. The van der Waals surface area contributed by atoms with Crippen molar-refractivity contribution in [2.45, 2.75) is 29.9 Å². The topological polar surface area (TPSA) is 42.7 Å². The number of rotatable bonds is 4. The van der Waals surface area contributed by atoms with Gasteiger partial charge in [0.2, 0.25) is 0 Å². The number of hydrogen-bond acceptors (Lipinski definition) is 4. The van der Waals surface area contributed by atoms with Crippen molar-refractivity contribution in [1.29, 1.82) is 0 Å². The fourth-order valence-corrected chi connectivity index (χ4v) is 2.78. The minimum absolute atomic E-state index is 0.0748. The summed E-state index contributed by atoms with van der Waals surface area (Å²) in [5, 5.41) is 11.8. The van der Waals surface area contributed by atoms with Crippen LogP contribution in [0.25, 0.3) is 0 Å². The molecule has 0 amide bonds. The van der Waals surface area contributed by atoms with Gasteiger partial charge in [-0.3, -0.25) is 0 Å². The third-order valence-electron chi connectivity index (χ3n) is 3.06. The monoisotopic (exact) mass is 280 g/mol. The first-order valence-corrected chi connectivity index (χ1v) is 6.83. The van der Waals surface area contributed by atoms with Crippen LogP contribution in [0.4, 0.5) is 4.39 Å². The predicted molar refractivity (Wildman–Crippen MR) is 73.7 cm³/mol. The Morgan fingerprint density at radius 3 is 2.74 bits per heavy atom. The maximum Gasteiger partial charge on any atom is 0.195 e. The molecule has 1 heterocycles. The number of aromatic nitrogens is 3. The van der Waals surface area contributed by atoms with E-state index in [1.807, 2.05) is 31.7 Å². The lowest BCUT2D eigenvalue weighted by molar-refractivity contribution is 0.594. The molecule has 0 aliphatic carbocycles. The first kappa shape index (κ1) is 14.0. The number of nitrogens with one attached hydrogen (secondary N) is 1. The van der Waals surface area contributed by atoms with Crippen LogP contribution in [0, 0.1) is 12.7 Å². The first-order valence-electron chi connectivity index (χ1n) is 6.02. The Kier molecular flexibility index (Phi) is 4.21. The van der Waals surface area contributed by atoms with Crippen LogP contribution >= 0.6 is 11.8 Å². The van der Waals surface area contributed by atoms with Gasteiger partial charge < -0.3 is 9.88 Å². The summed E-state index contributed by atoms with van der Waals surface area (Å²) >= 11 is 1.50. The molecule has 1 aromatic carbocycles. The van der Waals surface area contributed by atoms with Crippen LogP contribution in [-0.4, -0.2) is 21.8 Å². The van der Waals surface area contributed by atoms with Crippen LogP contribution in [0.5, 0.6) is 0 Å². The van der Waals surface area contributed by atoms with E-state index in [1.165, 1.54) is 11.8 Å². The van der Waals surface area contributed by atoms with Gasteiger partial charge in [-0.05, 0) is 55.9 Å². The van der Waals surface area contributed by atoms with Gasteiger partial charge in [0.25, 0.3) is 0 Å². The van der Waals surface area contributed by atoms with Gasteiger partial charge in [-0.15, -0.1) is 10.2 Å². The fraction of sp³-hybridized carbons (Fsp3) is 0.385. The Balaban J connectivity index is 2.43. The second kappa shape index (κ2) is 5.71. The van der Waals surface area contributed by atoms with Crippen molar-refractivity contribution in [1.82, 2.24) is 20.1 Å². The molecule has 4 nitrogen and oxygen atoms in total. The Morgan fingerprint density at radius 1 is 1.42 bits per heavy atom. The van der Waals surface area contributed by atoms with Crippen LogP contribution in [-0.2, 0) is 7.05 Å². The average molecular weight is 280 g/mol. The van der Waals surface area contributed by atoms with E-state index in [-0.39, 0.29) is 11.9 Å². The summed E-state index contributed by atoms with van der Waals surface area (Å²) < 4.78 is 15.6. The minimum Gasteiger partial charge on any atom is -0.313 e. The van der Waals surface area contributed by atoms with E-state index >= 15 is 0 Å². The van der Waals surface area contributed by atoms with Crippen LogP contribution in [0.15, 0.2) is 28.5 Å². The highest BCUT2D eigenvalue weighted by atomic mass is 32.2. The van der Waals surface area contributed by atoms with Gasteiger partial charge in [-0.1, -0.05) is 0 Å². The van der Waals surface area contributed by atoms with E-state index in [9.17, 15) is 4.39 Å². The molecule has 2 aromatic rings. The fourth-order valence-electron chi connectivity index (χ4n) is 1.72. The van der Waals surface area contributed by atoms with E-state index in [1.54, 1.807) is 19.3 Å². The Hall–Kier alpha value is -1.40. The van der Waals surface area contributed by atoms with Gasteiger partial charge in [-0.25, -0.2) is 4.39 Å². The number of nitrogens with zero attached hydrogens (tertiary/aromatic N) is 3. The second-order valence-electron chi connectivity index (χ2n) is 4.48. The van der Waals surface area contributed by atoms with Crippen LogP contribution < -0.4 is 5.32 Å². The molecule has 1 atom stereocenters. The van der Waals surface area contributed by atoms with Gasteiger partial charge in [0.15, 0.2) is 5.16 Å². The van der Waals surface area contributed by atoms with Gasteiger partial charge in [0, 0.05) is 18.0 Å². The van der Waals surface area contributed by atoms with Crippen LogP contribution in [0.3, 0.4) is 0 Å². The summed E-state index contributed by atoms with van der Waals surface area (Å²) in [6.07, 6.45) is 1.65. The number of halogens is 1. The highest BCUT2D eigenvalue weighted by molar-refractivity contribution is 7.99. The molecule has 0 fully saturated rings. The van der Waals surface area contributed by atoms with E-state index < -0.39 is 0 Å². The quantitative estimate of drug-likeness (QED) is 0.935. The van der Waals surface area contributed by atoms with E-state index in [2.05, 4.69) is 15.5 Å². The van der Waals surface area contributed by atoms with Crippen LogP contribution in [0.2, 0.25) is 0 Å². The number of hydrogen-bond donors (Lipinski definition) is 1. The largest absolute Gasteiger partial charge is 0.313 e. The summed E-state index contributed by atoms with van der Waals surface area (Å²) in [5.74, 6) is -0.181. The van der Waals surface area contributed by atoms with Crippen molar-refractivity contribution in [3.05, 3.63) is 35.4 Å². The van der Waals surface area contributed by atoms with Crippen molar-refractivity contribution in [2.75, 3.05) is 7.05 Å². The number of benzene rings is 1. The Bertz CT molecular complexity index is 582. The molecule has 0 aliphatic heterocycles. The normalized spacial score (nSPS) is 12.7. The second-order valence-corrected chi connectivity index (χ2v) is 5.49. The zero-order chi connectivity index (χ0) is 14.0. The van der Waals surface area contributed by atoms with E-state index in [0.29, 0.717) is 5.56 Å². The first-order chi connectivity index (χ1) is 9.02. The highest BCUT2D eigenvalue weighted by Gasteiger charge is 2.15. The molecule has 0 aliphatic rings. The smallest absolute Gasteiger partial charge is 0.195 e. The molecule has 6 heteroatoms. The average Bonchev–Trinajstić information content (AvgIpc) is 2.78. The molecule has 2 rings (SSSR count). The van der Waals surface area contributed by atoms with Gasteiger partial charge >= 0.3 is 0 Å². The highest BCUT2D eigenvalue weighted by Crippen LogP contribution is 2.33. The molecule has 102 valence electrons. The van der Waals surface area contributed by atoms with E-state index in [0.717, 1.165) is 15.6 Å². The summed E-state index contributed by atoms with van der Waals surface area (Å²) in [6, 6.07) is 3.53.